The molecule has 8 heteroatoms. The molecule has 1 aromatic heterocycles. The Morgan fingerprint density at radius 2 is 1.71 bits per heavy atom. The minimum atomic E-state index is 0. The predicted molar refractivity (Wildman–Crippen MR) is 135 cm³/mol. The van der Waals surface area contributed by atoms with Gasteiger partial charge >= 0.3 is 0 Å². The second-order valence-corrected chi connectivity index (χ2v) is 7.89. The van der Waals surface area contributed by atoms with Crippen LogP contribution in [0.5, 0.6) is 5.75 Å². The highest BCUT2D eigenvalue weighted by molar-refractivity contribution is 6.30. The largest absolute Gasteiger partial charge is 0.497 e. The second-order valence-electron chi connectivity index (χ2n) is 7.45. The maximum atomic E-state index is 6.06. The van der Waals surface area contributed by atoms with Gasteiger partial charge in [-0.15, -0.1) is 24.8 Å². The monoisotopic (exact) mass is 480 g/mol. The molecule has 0 saturated heterocycles. The lowest BCUT2D eigenvalue weighted by molar-refractivity contribution is 0.410. The van der Waals surface area contributed by atoms with Crippen LogP contribution in [0.25, 0.3) is 23.1 Å². The first-order chi connectivity index (χ1) is 14.1. The first-order valence-corrected chi connectivity index (χ1v) is 10.3. The van der Waals surface area contributed by atoms with E-state index in [0.29, 0.717) is 17.9 Å². The second kappa shape index (κ2) is 11.5. The molecule has 0 atom stereocenters. The SMILES string of the molecule is COc1ccc2nc(C=Cc3ccc(Cl)cc3)nc(NC3CCC(N)CC3)c2c1.Cl.Cl. The molecule has 0 aliphatic heterocycles. The third kappa shape index (κ3) is 6.47. The number of nitrogens with one attached hydrogen (secondary N) is 1. The lowest BCUT2D eigenvalue weighted by Gasteiger charge is -2.27. The molecule has 0 radical (unpaired) electrons. The number of anilines is 1. The molecule has 1 aliphatic carbocycles. The van der Waals surface area contributed by atoms with E-state index in [1.54, 1.807) is 7.11 Å². The minimum Gasteiger partial charge on any atom is -0.497 e. The summed E-state index contributed by atoms with van der Waals surface area (Å²) in [5, 5.41) is 5.31. The van der Waals surface area contributed by atoms with E-state index in [-0.39, 0.29) is 24.8 Å². The Morgan fingerprint density at radius 3 is 2.39 bits per heavy atom. The summed E-state index contributed by atoms with van der Waals surface area (Å²) in [5.41, 5.74) is 7.99. The third-order valence-corrected chi connectivity index (χ3v) is 5.58. The lowest BCUT2D eigenvalue weighted by Crippen LogP contribution is -2.33. The molecule has 3 aromatic rings. The Kier molecular flexibility index (Phi) is 9.38. The van der Waals surface area contributed by atoms with Gasteiger partial charge in [0.15, 0.2) is 5.82 Å². The topological polar surface area (TPSA) is 73.1 Å². The number of hydrogen-bond acceptors (Lipinski definition) is 5. The van der Waals surface area contributed by atoms with Crippen molar-refractivity contribution in [2.75, 3.05) is 12.4 Å². The fourth-order valence-electron chi connectivity index (χ4n) is 3.64. The summed E-state index contributed by atoms with van der Waals surface area (Å²) in [6, 6.07) is 14.2. The summed E-state index contributed by atoms with van der Waals surface area (Å²) in [5.74, 6) is 2.29. The van der Waals surface area contributed by atoms with E-state index in [1.165, 1.54) is 0 Å². The van der Waals surface area contributed by atoms with Gasteiger partial charge in [0.2, 0.25) is 0 Å². The smallest absolute Gasteiger partial charge is 0.154 e. The van der Waals surface area contributed by atoms with Crippen LogP contribution in [0.3, 0.4) is 0 Å². The van der Waals surface area contributed by atoms with E-state index in [9.17, 15) is 0 Å². The van der Waals surface area contributed by atoms with Crippen molar-refractivity contribution in [3.05, 3.63) is 58.9 Å². The Bertz CT molecular complexity index is 1020. The van der Waals surface area contributed by atoms with E-state index >= 15 is 0 Å². The molecule has 0 amide bonds. The van der Waals surface area contributed by atoms with Crippen LogP contribution in [-0.4, -0.2) is 29.2 Å². The first-order valence-electron chi connectivity index (χ1n) is 9.92. The van der Waals surface area contributed by atoms with Gasteiger partial charge in [-0.2, -0.15) is 0 Å². The average Bonchev–Trinajstić information content (AvgIpc) is 2.74. The molecule has 0 bridgehead atoms. The van der Waals surface area contributed by atoms with E-state index in [2.05, 4.69) is 5.32 Å². The van der Waals surface area contributed by atoms with Crippen molar-refractivity contribution in [1.29, 1.82) is 0 Å². The zero-order valence-electron chi connectivity index (χ0n) is 17.3. The number of methoxy groups -OCH3 is 1. The van der Waals surface area contributed by atoms with Crippen LogP contribution in [0.15, 0.2) is 42.5 Å². The Hall–Kier alpha value is -2.05. The van der Waals surface area contributed by atoms with Crippen molar-refractivity contribution in [2.45, 2.75) is 37.8 Å². The molecular weight excluding hydrogens is 455 g/mol. The highest BCUT2D eigenvalue weighted by Gasteiger charge is 2.20. The Morgan fingerprint density at radius 1 is 1.00 bits per heavy atom. The summed E-state index contributed by atoms with van der Waals surface area (Å²) in [4.78, 5) is 9.51. The van der Waals surface area contributed by atoms with Crippen molar-refractivity contribution in [2.24, 2.45) is 5.73 Å². The van der Waals surface area contributed by atoms with Crippen LogP contribution in [-0.2, 0) is 0 Å². The van der Waals surface area contributed by atoms with Crippen LogP contribution in [0.2, 0.25) is 5.02 Å². The predicted octanol–water partition coefficient (Wildman–Crippen LogP) is 5.99. The Labute approximate surface area is 200 Å². The van der Waals surface area contributed by atoms with E-state index in [0.717, 1.165) is 58.7 Å². The molecule has 1 heterocycles. The summed E-state index contributed by atoms with van der Waals surface area (Å²) >= 11 is 5.97. The maximum absolute atomic E-state index is 6.06. The number of fused-ring (bicyclic) bond motifs is 1. The van der Waals surface area contributed by atoms with Gasteiger partial charge in [-0.1, -0.05) is 29.8 Å². The van der Waals surface area contributed by atoms with Gasteiger partial charge in [-0.05, 0) is 67.7 Å². The number of rotatable bonds is 5. The van der Waals surface area contributed by atoms with Crippen molar-refractivity contribution in [1.82, 2.24) is 9.97 Å². The van der Waals surface area contributed by atoms with E-state index in [1.807, 2.05) is 54.6 Å². The minimum absolute atomic E-state index is 0. The van der Waals surface area contributed by atoms with E-state index in [4.69, 9.17) is 32.0 Å². The molecule has 1 aliphatic rings. The molecule has 166 valence electrons. The van der Waals surface area contributed by atoms with E-state index < -0.39 is 0 Å². The molecule has 3 N–H and O–H groups in total. The molecule has 31 heavy (non-hydrogen) atoms. The number of halogens is 3. The summed E-state index contributed by atoms with van der Waals surface area (Å²) in [7, 11) is 1.67. The van der Waals surface area contributed by atoms with Crippen molar-refractivity contribution >= 4 is 65.3 Å². The summed E-state index contributed by atoms with van der Waals surface area (Å²) in [6.45, 7) is 0. The fourth-order valence-corrected chi connectivity index (χ4v) is 3.76. The number of hydrogen-bond donors (Lipinski definition) is 2. The van der Waals surface area contributed by atoms with Crippen LogP contribution in [0, 0.1) is 0 Å². The lowest BCUT2D eigenvalue weighted by atomic mass is 9.92. The molecule has 0 spiro atoms. The normalized spacial score (nSPS) is 18.3. The fraction of sp³-hybridized carbons (Fsp3) is 0.304. The standard InChI is InChI=1S/C23H25ClN4O.2ClH/c1-29-19-11-12-21-20(14-19)23(26-18-9-7-17(25)8-10-18)28-22(27-21)13-4-15-2-5-16(24)6-3-15;;/h2-6,11-14,17-18H,7-10,25H2,1H3,(H,26,27,28);2*1H. The molecule has 1 saturated carbocycles. The third-order valence-electron chi connectivity index (χ3n) is 5.33. The molecule has 1 fully saturated rings. The molecule has 2 aromatic carbocycles. The van der Waals surface area contributed by atoms with Gasteiger partial charge in [0.05, 0.1) is 12.6 Å². The van der Waals surface area contributed by atoms with Crippen LogP contribution < -0.4 is 15.8 Å². The van der Waals surface area contributed by atoms with Gasteiger partial charge < -0.3 is 15.8 Å². The molecule has 0 unspecified atom stereocenters. The van der Waals surface area contributed by atoms with Crippen molar-refractivity contribution in [3.8, 4) is 5.75 Å². The molecule has 5 nitrogen and oxygen atoms in total. The highest BCUT2D eigenvalue weighted by atomic mass is 35.5. The summed E-state index contributed by atoms with van der Waals surface area (Å²) in [6.07, 6.45) is 8.08. The quantitative estimate of drug-likeness (QED) is 0.468. The maximum Gasteiger partial charge on any atom is 0.154 e. The number of ether oxygens (including phenoxy) is 1. The van der Waals surface area contributed by atoms with Crippen LogP contribution in [0.4, 0.5) is 5.82 Å². The van der Waals surface area contributed by atoms with Crippen LogP contribution in [0.1, 0.15) is 37.1 Å². The van der Waals surface area contributed by atoms with Gasteiger partial charge in [-0.25, -0.2) is 9.97 Å². The summed E-state index contributed by atoms with van der Waals surface area (Å²) < 4.78 is 5.40. The molecule has 4 rings (SSSR count). The van der Waals surface area contributed by atoms with Gasteiger partial charge in [-0.3, -0.25) is 0 Å². The van der Waals surface area contributed by atoms with Gasteiger partial charge in [0.25, 0.3) is 0 Å². The van der Waals surface area contributed by atoms with Crippen LogP contribution >= 0.6 is 36.4 Å². The zero-order chi connectivity index (χ0) is 20.2. The zero-order valence-corrected chi connectivity index (χ0v) is 19.6. The van der Waals surface area contributed by atoms with Gasteiger partial charge in [0.1, 0.15) is 11.6 Å². The number of benzene rings is 2. The molecular formula is C23H27Cl3N4O. The number of nitrogens with zero attached hydrogens (tertiary/aromatic N) is 2. The average molecular weight is 482 g/mol. The van der Waals surface area contributed by atoms with Crippen molar-refractivity contribution < 1.29 is 4.74 Å². The van der Waals surface area contributed by atoms with Gasteiger partial charge in [0, 0.05) is 22.5 Å². The number of nitrogens with two attached hydrogens (primary N) is 1. The van der Waals surface area contributed by atoms with Crippen molar-refractivity contribution in [3.63, 3.8) is 0 Å². The first kappa shape index (κ1) is 25.2. The Balaban J connectivity index is 0.00000171. The highest BCUT2D eigenvalue weighted by Crippen LogP contribution is 2.28. The number of aromatic nitrogens is 2.